The lowest BCUT2D eigenvalue weighted by atomic mass is 9.82. The molecule has 1 fully saturated rings. The van der Waals surface area contributed by atoms with Crippen LogP contribution in [0.1, 0.15) is 0 Å². The summed E-state index contributed by atoms with van der Waals surface area (Å²) in [7, 11) is 0. The Hall–Kier alpha value is -2.34. The van der Waals surface area contributed by atoms with Crippen LogP contribution in [-0.4, -0.2) is 34.3 Å². The van der Waals surface area contributed by atoms with Gasteiger partial charge in [0.1, 0.15) is 11.7 Å². The lowest BCUT2D eigenvalue weighted by molar-refractivity contribution is -0.145. The number of carbonyl (C=O) groups excluding carboxylic acids is 1. The van der Waals surface area contributed by atoms with Crippen LogP contribution >= 0.6 is 0 Å². The van der Waals surface area contributed by atoms with Crippen LogP contribution in [0.15, 0.2) is 36.4 Å². The van der Waals surface area contributed by atoms with Crippen molar-refractivity contribution in [2.45, 2.75) is 12.2 Å². The highest BCUT2D eigenvalue weighted by molar-refractivity contribution is 5.96. The minimum Gasteiger partial charge on any atom is -0.508 e. The lowest BCUT2D eigenvalue weighted by Crippen LogP contribution is -2.39. The molecule has 1 aromatic rings. The molecule has 0 aromatic heterocycles. The zero-order valence-corrected chi connectivity index (χ0v) is 10.4. The number of hydrogen-bond donors (Lipinski definition) is 3. The highest BCUT2D eigenvalue weighted by Crippen LogP contribution is 2.39. The van der Waals surface area contributed by atoms with Gasteiger partial charge in [-0.1, -0.05) is 18.2 Å². The second-order valence-electron chi connectivity index (χ2n) is 4.88. The van der Waals surface area contributed by atoms with Gasteiger partial charge in [0.25, 0.3) is 0 Å². The minimum atomic E-state index is -1.04. The summed E-state index contributed by atoms with van der Waals surface area (Å²) >= 11 is 0. The molecule has 104 valence electrons. The van der Waals surface area contributed by atoms with Crippen molar-refractivity contribution in [1.82, 2.24) is 0 Å². The fourth-order valence-electron chi connectivity index (χ4n) is 2.72. The van der Waals surface area contributed by atoms with E-state index >= 15 is 0 Å². The SMILES string of the molecule is O=C(O)[C@@H]1[C@H](C(=O)Nc2cccc(O)c2)[C@@H]2C=C[C@@H]1O2. The van der Waals surface area contributed by atoms with Gasteiger partial charge in [0.2, 0.25) is 5.91 Å². The van der Waals surface area contributed by atoms with E-state index in [4.69, 9.17) is 4.74 Å². The topological polar surface area (TPSA) is 95.9 Å². The van der Waals surface area contributed by atoms with Gasteiger partial charge in [0.15, 0.2) is 0 Å². The molecule has 0 aliphatic carbocycles. The average Bonchev–Trinajstić information content (AvgIpc) is 2.98. The molecule has 6 heteroatoms. The third kappa shape index (κ3) is 2.04. The summed E-state index contributed by atoms with van der Waals surface area (Å²) in [5.74, 6) is -3.06. The van der Waals surface area contributed by atoms with Crippen LogP contribution < -0.4 is 5.32 Å². The number of carbonyl (C=O) groups is 2. The molecule has 20 heavy (non-hydrogen) atoms. The van der Waals surface area contributed by atoms with Crippen molar-refractivity contribution in [3.63, 3.8) is 0 Å². The van der Waals surface area contributed by atoms with Crippen molar-refractivity contribution in [2.24, 2.45) is 11.8 Å². The first-order valence-electron chi connectivity index (χ1n) is 6.23. The van der Waals surface area contributed by atoms with Gasteiger partial charge < -0.3 is 20.3 Å². The molecular formula is C14H13NO5. The molecule has 0 spiro atoms. The van der Waals surface area contributed by atoms with Gasteiger partial charge >= 0.3 is 5.97 Å². The maximum absolute atomic E-state index is 12.3. The predicted octanol–water partition coefficient (Wildman–Crippen LogP) is 0.985. The van der Waals surface area contributed by atoms with Crippen molar-refractivity contribution in [1.29, 1.82) is 0 Å². The van der Waals surface area contributed by atoms with Crippen molar-refractivity contribution in [2.75, 3.05) is 5.32 Å². The molecule has 0 unspecified atom stereocenters. The first-order chi connectivity index (χ1) is 9.56. The van der Waals surface area contributed by atoms with E-state index in [0.717, 1.165) is 0 Å². The zero-order chi connectivity index (χ0) is 14.3. The molecule has 4 atom stereocenters. The average molecular weight is 275 g/mol. The maximum atomic E-state index is 12.3. The van der Waals surface area contributed by atoms with E-state index in [-0.39, 0.29) is 5.75 Å². The fraction of sp³-hybridized carbons (Fsp3) is 0.286. The number of nitrogens with one attached hydrogen (secondary N) is 1. The highest BCUT2D eigenvalue weighted by atomic mass is 16.5. The van der Waals surface area contributed by atoms with Crippen molar-refractivity contribution in [3.05, 3.63) is 36.4 Å². The van der Waals surface area contributed by atoms with E-state index in [2.05, 4.69) is 5.32 Å². The number of phenolic OH excluding ortho intramolecular Hbond substituents is 1. The molecule has 2 bridgehead atoms. The van der Waals surface area contributed by atoms with E-state index in [0.29, 0.717) is 5.69 Å². The second-order valence-corrected chi connectivity index (χ2v) is 4.88. The monoisotopic (exact) mass is 275 g/mol. The van der Waals surface area contributed by atoms with Gasteiger partial charge in [0.05, 0.1) is 18.1 Å². The van der Waals surface area contributed by atoms with Gasteiger partial charge in [0, 0.05) is 11.8 Å². The van der Waals surface area contributed by atoms with Gasteiger partial charge in [-0.15, -0.1) is 0 Å². The number of amides is 1. The van der Waals surface area contributed by atoms with Crippen molar-refractivity contribution >= 4 is 17.6 Å². The fourth-order valence-corrected chi connectivity index (χ4v) is 2.72. The zero-order valence-electron chi connectivity index (χ0n) is 10.4. The standard InChI is InChI=1S/C14H13NO5/c16-8-3-1-2-7(6-8)15-13(17)11-9-4-5-10(20-9)12(11)14(18)19/h1-6,9-12,16H,(H,15,17)(H,18,19)/t9-,10-,11+,12-/m0/s1. The number of phenols is 1. The minimum absolute atomic E-state index is 0.0293. The molecule has 3 rings (SSSR count). The number of carboxylic acids is 1. The Morgan fingerprint density at radius 1 is 1.15 bits per heavy atom. The number of aliphatic carboxylic acids is 1. The number of fused-ring (bicyclic) bond motifs is 2. The Bertz CT molecular complexity index is 597. The quantitative estimate of drug-likeness (QED) is 0.715. The van der Waals surface area contributed by atoms with E-state index < -0.39 is 35.9 Å². The molecule has 1 amide bonds. The molecule has 6 nitrogen and oxygen atoms in total. The van der Waals surface area contributed by atoms with Crippen LogP contribution in [0.3, 0.4) is 0 Å². The van der Waals surface area contributed by atoms with Crippen molar-refractivity contribution in [3.8, 4) is 5.75 Å². The van der Waals surface area contributed by atoms with Gasteiger partial charge in [-0.05, 0) is 12.1 Å². The number of anilines is 1. The van der Waals surface area contributed by atoms with Gasteiger partial charge in [-0.3, -0.25) is 9.59 Å². The van der Waals surface area contributed by atoms with E-state index in [1.807, 2.05) is 0 Å². The summed E-state index contributed by atoms with van der Waals surface area (Å²) in [5.41, 5.74) is 0.422. The summed E-state index contributed by atoms with van der Waals surface area (Å²) in [4.78, 5) is 23.5. The Balaban J connectivity index is 1.80. The number of ether oxygens (including phenoxy) is 1. The Morgan fingerprint density at radius 2 is 1.85 bits per heavy atom. The summed E-state index contributed by atoms with van der Waals surface area (Å²) in [5, 5.41) is 21.2. The molecular weight excluding hydrogens is 262 g/mol. The van der Waals surface area contributed by atoms with E-state index in [9.17, 15) is 19.8 Å². The van der Waals surface area contributed by atoms with Crippen LogP contribution in [0.2, 0.25) is 0 Å². The lowest BCUT2D eigenvalue weighted by Gasteiger charge is -2.21. The molecule has 3 N–H and O–H groups in total. The molecule has 1 aromatic carbocycles. The Kier molecular flexibility index (Phi) is 2.94. The third-order valence-corrected chi connectivity index (χ3v) is 3.60. The van der Waals surface area contributed by atoms with E-state index in [1.54, 1.807) is 24.3 Å². The van der Waals surface area contributed by atoms with Crippen LogP contribution in [-0.2, 0) is 14.3 Å². The summed E-state index contributed by atoms with van der Waals surface area (Å²) < 4.78 is 5.44. The number of benzene rings is 1. The second kappa shape index (κ2) is 4.64. The van der Waals surface area contributed by atoms with Gasteiger partial charge in [-0.2, -0.15) is 0 Å². The summed E-state index contributed by atoms with van der Waals surface area (Å²) in [6.45, 7) is 0. The van der Waals surface area contributed by atoms with Crippen LogP contribution in [0, 0.1) is 11.8 Å². The van der Waals surface area contributed by atoms with Crippen LogP contribution in [0.4, 0.5) is 5.69 Å². The maximum Gasteiger partial charge on any atom is 0.310 e. The summed E-state index contributed by atoms with van der Waals surface area (Å²) in [6.07, 6.45) is 2.36. The number of hydrogen-bond acceptors (Lipinski definition) is 4. The van der Waals surface area contributed by atoms with Crippen LogP contribution in [0.25, 0.3) is 0 Å². The molecule has 2 aliphatic rings. The Labute approximate surface area is 114 Å². The molecule has 0 radical (unpaired) electrons. The molecule has 2 heterocycles. The van der Waals surface area contributed by atoms with Gasteiger partial charge in [-0.25, -0.2) is 0 Å². The third-order valence-electron chi connectivity index (χ3n) is 3.60. The number of aromatic hydroxyl groups is 1. The van der Waals surface area contributed by atoms with E-state index in [1.165, 1.54) is 12.1 Å². The normalized spacial score (nSPS) is 30.4. The summed E-state index contributed by atoms with van der Waals surface area (Å²) in [6, 6.07) is 6.10. The van der Waals surface area contributed by atoms with Crippen LogP contribution in [0.5, 0.6) is 5.75 Å². The predicted molar refractivity (Wildman–Crippen MR) is 69.2 cm³/mol. The molecule has 1 saturated heterocycles. The first kappa shape index (κ1) is 12.7. The number of rotatable bonds is 3. The first-order valence-corrected chi connectivity index (χ1v) is 6.23. The molecule has 0 saturated carbocycles. The van der Waals surface area contributed by atoms with Crippen molar-refractivity contribution < 1.29 is 24.5 Å². The number of carboxylic acid groups (broad SMARTS) is 1. The molecule has 2 aliphatic heterocycles. The largest absolute Gasteiger partial charge is 0.508 e. The smallest absolute Gasteiger partial charge is 0.310 e. The highest BCUT2D eigenvalue weighted by Gasteiger charge is 2.53. The Morgan fingerprint density at radius 3 is 2.50 bits per heavy atom.